The quantitative estimate of drug-likeness (QED) is 0.553. The molecule has 0 aromatic heterocycles. The molecule has 0 radical (unpaired) electrons. The lowest BCUT2D eigenvalue weighted by molar-refractivity contribution is 0.117. The highest BCUT2D eigenvalue weighted by Gasteiger charge is 2.16. The molecule has 0 aliphatic carbocycles. The van der Waals surface area contributed by atoms with E-state index >= 15 is 0 Å². The zero-order valence-electron chi connectivity index (χ0n) is 8.96. The van der Waals surface area contributed by atoms with E-state index in [1.165, 1.54) is 0 Å². The molecular formula is C11H17NO2. The first kappa shape index (κ1) is 12.6. The van der Waals surface area contributed by atoms with Gasteiger partial charge in [0, 0.05) is 12.0 Å². The van der Waals surface area contributed by atoms with Gasteiger partial charge in [0.05, 0.1) is 0 Å². The summed E-state index contributed by atoms with van der Waals surface area (Å²) in [6, 6.07) is 0. The maximum absolute atomic E-state index is 11.2. The number of nitrogens with one attached hydrogen (secondary N) is 1. The molecule has 0 fully saturated rings. The van der Waals surface area contributed by atoms with Crippen LogP contribution in [0.15, 0.2) is 12.7 Å². The van der Waals surface area contributed by atoms with E-state index in [1.54, 1.807) is 6.08 Å². The molecule has 0 saturated heterocycles. The molecule has 0 saturated carbocycles. The predicted molar refractivity (Wildman–Crippen MR) is 56.8 cm³/mol. The second-order valence-electron chi connectivity index (χ2n) is 3.96. The van der Waals surface area contributed by atoms with Crippen LogP contribution in [0.3, 0.4) is 0 Å². The van der Waals surface area contributed by atoms with Gasteiger partial charge in [0.1, 0.15) is 0 Å². The summed E-state index contributed by atoms with van der Waals surface area (Å²) in [6.07, 6.45) is 6.22. The third-order valence-electron chi connectivity index (χ3n) is 1.29. The lowest BCUT2D eigenvalue weighted by atomic mass is 10.1. The Bertz CT molecular complexity index is 245. The Morgan fingerprint density at radius 2 is 2.29 bits per heavy atom. The molecule has 0 spiro atoms. The highest BCUT2D eigenvalue weighted by Crippen LogP contribution is 2.02. The SMILES string of the molecule is C#CC(CC=C)OC(=O)NC(C)(C)C. The van der Waals surface area contributed by atoms with Gasteiger partial charge in [-0.05, 0) is 20.8 Å². The van der Waals surface area contributed by atoms with Gasteiger partial charge in [-0.2, -0.15) is 0 Å². The Morgan fingerprint density at radius 3 is 2.64 bits per heavy atom. The first-order valence-electron chi connectivity index (χ1n) is 4.45. The van der Waals surface area contributed by atoms with Crippen LogP contribution in [0.5, 0.6) is 0 Å². The molecule has 1 amide bonds. The zero-order valence-corrected chi connectivity index (χ0v) is 8.96. The molecule has 0 rings (SSSR count). The molecule has 0 heterocycles. The molecule has 1 atom stereocenters. The molecule has 3 nitrogen and oxygen atoms in total. The van der Waals surface area contributed by atoms with Gasteiger partial charge in [-0.25, -0.2) is 4.79 Å². The van der Waals surface area contributed by atoms with Crippen molar-refractivity contribution in [2.75, 3.05) is 0 Å². The average molecular weight is 195 g/mol. The summed E-state index contributed by atoms with van der Waals surface area (Å²) in [7, 11) is 0. The summed E-state index contributed by atoms with van der Waals surface area (Å²) in [5, 5.41) is 2.65. The van der Waals surface area contributed by atoms with Crippen LogP contribution in [0.2, 0.25) is 0 Å². The molecule has 78 valence electrons. The van der Waals surface area contributed by atoms with Crippen LogP contribution in [0.25, 0.3) is 0 Å². The van der Waals surface area contributed by atoms with E-state index in [-0.39, 0.29) is 5.54 Å². The van der Waals surface area contributed by atoms with Gasteiger partial charge in [0.2, 0.25) is 0 Å². The number of alkyl carbamates (subject to hydrolysis) is 1. The predicted octanol–water partition coefficient (Wildman–Crippen LogP) is 2.09. The van der Waals surface area contributed by atoms with Crippen molar-refractivity contribution < 1.29 is 9.53 Å². The van der Waals surface area contributed by atoms with Crippen LogP contribution in [-0.2, 0) is 4.74 Å². The number of hydrogen-bond acceptors (Lipinski definition) is 2. The Balaban J connectivity index is 4.05. The topological polar surface area (TPSA) is 38.3 Å². The molecular weight excluding hydrogens is 178 g/mol. The Kier molecular flexibility index (Phi) is 4.79. The highest BCUT2D eigenvalue weighted by atomic mass is 16.6. The number of carbonyl (C=O) groups is 1. The minimum atomic E-state index is -0.533. The fourth-order valence-electron chi connectivity index (χ4n) is 0.766. The molecule has 1 N–H and O–H groups in total. The molecule has 0 aliphatic rings. The first-order chi connectivity index (χ1) is 6.39. The van der Waals surface area contributed by atoms with Crippen molar-refractivity contribution in [3.05, 3.63) is 12.7 Å². The molecule has 0 aromatic carbocycles. The summed E-state index contributed by atoms with van der Waals surface area (Å²) < 4.78 is 4.96. The molecule has 0 aliphatic heterocycles. The summed E-state index contributed by atoms with van der Waals surface area (Å²) in [5.41, 5.74) is -0.315. The second-order valence-corrected chi connectivity index (χ2v) is 3.96. The molecule has 3 heteroatoms. The summed E-state index contributed by atoms with van der Waals surface area (Å²) in [4.78, 5) is 11.2. The minimum absolute atomic E-state index is 0.315. The first-order valence-corrected chi connectivity index (χ1v) is 4.45. The summed E-state index contributed by atoms with van der Waals surface area (Å²) >= 11 is 0. The standard InChI is InChI=1S/C11H17NO2/c1-6-8-9(7-2)14-10(13)12-11(3,4)5/h2,6,9H,1,8H2,3-5H3,(H,12,13). The van der Waals surface area contributed by atoms with E-state index in [0.29, 0.717) is 6.42 Å². The molecule has 1 unspecified atom stereocenters. The van der Waals surface area contributed by atoms with Crippen molar-refractivity contribution in [2.24, 2.45) is 0 Å². The fraction of sp³-hybridized carbons (Fsp3) is 0.545. The van der Waals surface area contributed by atoms with E-state index in [4.69, 9.17) is 11.2 Å². The number of hydrogen-bond donors (Lipinski definition) is 1. The van der Waals surface area contributed by atoms with Crippen molar-refractivity contribution in [3.8, 4) is 12.3 Å². The van der Waals surface area contributed by atoms with Gasteiger partial charge in [0.15, 0.2) is 6.10 Å². The van der Waals surface area contributed by atoms with Crippen molar-refractivity contribution in [1.29, 1.82) is 0 Å². The van der Waals surface area contributed by atoms with E-state index in [0.717, 1.165) is 0 Å². The van der Waals surface area contributed by atoms with Crippen LogP contribution >= 0.6 is 0 Å². The van der Waals surface area contributed by atoms with Gasteiger partial charge < -0.3 is 10.1 Å². The fourth-order valence-corrected chi connectivity index (χ4v) is 0.766. The van der Waals surface area contributed by atoms with Gasteiger partial charge in [0.25, 0.3) is 0 Å². The third-order valence-corrected chi connectivity index (χ3v) is 1.29. The lowest BCUT2D eigenvalue weighted by Gasteiger charge is -2.21. The van der Waals surface area contributed by atoms with E-state index in [2.05, 4.69) is 17.8 Å². The lowest BCUT2D eigenvalue weighted by Crippen LogP contribution is -2.42. The molecule has 0 aromatic rings. The van der Waals surface area contributed by atoms with Gasteiger partial charge >= 0.3 is 6.09 Å². The van der Waals surface area contributed by atoms with E-state index in [1.807, 2.05) is 20.8 Å². The third kappa shape index (κ3) is 6.13. The van der Waals surface area contributed by atoms with Gasteiger partial charge in [-0.15, -0.1) is 13.0 Å². The Hall–Kier alpha value is -1.43. The number of ether oxygens (including phenoxy) is 1. The number of amides is 1. The second kappa shape index (κ2) is 5.33. The van der Waals surface area contributed by atoms with Crippen molar-refractivity contribution in [1.82, 2.24) is 5.32 Å². The van der Waals surface area contributed by atoms with E-state index in [9.17, 15) is 4.79 Å². The minimum Gasteiger partial charge on any atom is -0.433 e. The smallest absolute Gasteiger partial charge is 0.408 e. The Labute approximate surface area is 85.5 Å². The largest absolute Gasteiger partial charge is 0.433 e. The van der Waals surface area contributed by atoms with E-state index < -0.39 is 12.2 Å². The van der Waals surface area contributed by atoms with Crippen LogP contribution < -0.4 is 5.32 Å². The van der Waals surface area contributed by atoms with Crippen LogP contribution in [0.4, 0.5) is 4.79 Å². The number of carbonyl (C=O) groups excluding carboxylic acids is 1. The van der Waals surface area contributed by atoms with Crippen LogP contribution in [-0.4, -0.2) is 17.7 Å². The Morgan fingerprint density at radius 1 is 1.71 bits per heavy atom. The van der Waals surface area contributed by atoms with Crippen molar-refractivity contribution in [2.45, 2.75) is 38.8 Å². The van der Waals surface area contributed by atoms with Gasteiger partial charge in [-0.1, -0.05) is 12.0 Å². The highest BCUT2D eigenvalue weighted by molar-refractivity contribution is 5.68. The zero-order chi connectivity index (χ0) is 11.2. The molecule has 0 bridgehead atoms. The summed E-state index contributed by atoms with van der Waals surface area (Å²) in [5.74, 6) is 2.37. The van der Waals surface area contributed by atoms with Crippen LogP contribution in [0.1, 0.15) is 27.2 Å². The van der Waals surface area contributed by atoms with Gasteiger partial charge in [-0.3, -0.25) is 0 Å². The number of terminal acetylenes is 1. The summed E-state index contributed by atoms with van der Waals surface area (Å²) in [6.45, 7) is 9.13. The van der Waals surface area contributed by atoms with Crippen LogP contribution in [0, 0.1) is 12.3 Å². The number of rotatable bonds is 3. The maximum Gasteiger partial charge on any atom is 0.408 e. The van der Waals surface area contributed by atoms with Crippen molar-refractivity contribution in [3.63, 3.8) is 0 Å². The maximum atomic E-state index is 11.2. The molecule has 14 heavy (non-hydrogen) atoms. The van der Waals surface area contributed by atoms with Crippen molar-refractivity contribution >= 4 is 6.09 Å². The average Bonchev–Trinajstić information content (AvgIpc) is 2.00. The monoisotopic (exact) mass is 195 g/mol. The normalized spacial score (nSPS) is 12.4.